The summed E-state index contributed by atoms with van der Waals surface area (Å²) in [6.07, 6.45) is 6.35. The van der Waals surface area contributed by atoms with Crippen molar-refractivity contribution >= 4 is 9.84 Å². The standard InChI is InChI=1S/C14H22NO3S/c1-15(4-6-18-7-5-15)13-10-19(16,17)14(13)9-11-2-3-12(14)8-11/h2-3,11-13H,4-10H2,1H3/q+1. The van der Waals surface area contributed by atoms with E-state index in [1.165, 1.54) is 0 Å². The molecule has 1 spiro atoms. The first-order valence-electron chi connectivity index (χ1n) is 7.31. The second-order valence-electron chi connectivity index (χ2n) is 6.98. The normalized spacial score (nSPS) is 49.4. The van der Waals surface area contributed by atoms with Gasteiger partial charge in [-0.3, -0.25) is 0 Å². The average molecular weight is 284 g/mol. The van der Waals surface area contributed by atoms with E-state index in [-0.39, 0.29) is 5.92 Å². The van der Waals surface area contributed by atoms with E-state index in [0.717, 1.165) is 43.6 Å². The number of ether oxygens (including phenoxy) is 1. The van der Waals surface area contributed by atoms with Crippen molar-refractivity contribution in [3.63, 3.8) is 0 Å². The van der Waals surface area contributed by atoms with Gasteiger partial charge >= 0.3 is 0 Å². The summed E-state index contributed by atoms with van der Waals surface area (Å²) in [5.41, 5.74) is 0. The molecule has 1 saturated carbocycles. The molecule has 2 heterocycles. The van der Waals surface area contributed by atoms with Crippen molar-refractivity contribution in [2.24, 2.45) is 11.8 Å². The molecule has 0 amide bonds. The number of fused-ring (bicyclic) bond motifs is 3. The molecule has 0 aromatic carbocycles. The number of hydrogen-bond donors (Lipinski definition) is 0. The summed E-state index contributed by atoms with van der Waals surface area (Å²) < 4.78 is 31.0. The molecule has 4 rings (SSSR count). The van der Waals surface area contributed by atoms with Crippen molar-refractivity contribution in [2.45, 2.75) is 23.6 Å². The number of morpholine rings is 1. The summed E-state index contributed by atoms with van der Waals surface area (Å²) >= 11 is 0. The van der Waals surface area contributed by atoms with E-state index in [1.54, 1.807) is 0 Å². The van der Waals surface area contributed by atoms with Gasteiger partial charge in [0.1, 0.15) is 29.6 Å². The van der Waals surface area contributed by atoms with E-state index in [9.17, 15) is 8.42 Å². The van der Waals surface area contributed by atoms with Gasteiger partial charge in [-0.1, -0.05) is 12.2 Å². The molecule has 2 saturated heterocycles. The van der Waals surface area contributed by atoms with Gasteiger partial charge in [0, 0.05) is 5.92 Å². The molecule has 0 aromatic heterocycles. The number of likely N-dealkylation sites (N-methyl/N-ethyl adjacent to an activating group) is 1. The number of sulfone groups is 1. The number of rotatable bonds is 1. The maximum Gasteiger partial charge on any atom is 0.168 e. The van der Waals surface area contributed by atoms with Crippen molar-refractivity contribution in [3.05, 3.63) is 12.2 Å². The van der Waals surface area contributed by atoms with Crippen molar-refractivity contribution < 1.29 is 17.6 Å². The lowest BCUT2D eigenvalue weighted by Crippen LogP contribution is -2.78. The maximum absolute atomic E-state index is 12.6. The van der Waals surface area contributed by atoms with Crippen molar-refractivity contribution in [3.8, 4) is 0 Å². The fourth-order valence-electron chi connectivity index (χ4n) is 4.98. The van der Waals surface area contributed by atoms with Crippen LogP contribution in [0.3, 0.4) is 0 Å². The Labute approximate surface area is 114 Å². The molecule has 4 unspecified atom stereocenters. The maximum atomic E-state index is 12.6. The van der Waals surface area contributed by atoms with E-state index in [4.69, 9.17) is 4.74 Å². The lowest BCUT2D eigenvalue weighted by atomic mass is 9.83. The summed E-state index contributed by atoms with van der Waals surface area (Å²) in [5, 5.41) is 0. The van der Waals surface area contributed by atoms with Crippen LogP contribution in [0.5, 0.6) is 0 Å². The second-order valence-corrected chi connectivity index (χ2v) is 9.31. The summed E-state index contributed by atoms with van der Waals surface area (Å²) in [7, 11) is -0.661. The van der Waals surface area contributed by atoms with E-state index in [2.05, 4.69) is 19.2 Å². The number of nitrogens with zero attached hydrogens (tertiary/aromatic N) is 1. The lowest BCUT2D eigenvalue weighted by Gasteiger charge is -2.58. The highest BCUT2D eigenvalue weighted by Crippen LogP contribution is 2.59. The molecule has 5 heteroatoms. The number of hydrogen-bond acceptors (Lipinski definition) is 3. The van der Waals surface area contributed by atoms with Gasteiger partial charge in [0.15, 0.2) is 9.84 Å². The predicted molar refractivity (Wildman–Crippen MR) is 72.4 cm³/mol. The fraction of sp³-hybridized carbons (Fsp3) is 0.857. The minimum atomic E-state index is -2.90. The van der Waals surface area contributed by atoms with E-state index in [0.29, 0.717) is 17.7 Å². The lowest BCUT2D eigenvalue weighted by molar-refractivity contribution is -0.942. The molecule has 106 valence electrons. The summed E-state index contributed by atoms with van der Waals surface area (Å²) in [6, 6.07) is 0.293. The van der Waals surface area contributed by atoms with Crippen LogP contribution in [0.1, 0.15) is 12.8 Å². The van der Waals surface area contributed by atoms with Crippen molar-refractivity contribution in [2.75, 3.05) is 39.1 Å². The SMILES string of the molecule is C[N+]1(C2CS(=O)(=O)C23CC2C=CC3C2)CCOCC1. The molecule has 0 aromatic rings. The Morgan fingerprint density at radius 3 is 2.53 bits per heavy atom. The molecule has 3 fully saturated rings. The molecular weight excluding hydrogens is 262 g/mol. The van der Waals surface area contributed by atoms with Gasteiger partial charge in [0.2, 0.25) is 0 Å². The molecule has 2 aliphatic carbocycles. The zero-order valence-electron chi connectivity index (χ0n) is 11.4. The first kappa shape index (κ1) is 12.4. The third kappa shape index (κ3) is 1.39. The molecule has 0 N–H and O–H groups in total. The Hall–Kier alpha value is -0.390. The molecule has 4 atom stereocenters. The summed E-state index contributed by atoms with van der Waals surface area (Å²) in [5.74, 6) is 1.18. The van der Waals surface area contributed by atoms with Crippen LogP contribution in [-0.4, -0.2) is 62.8 Å². The largest absolute Gasteiger partial charge is 0.370 e. The van der Waals surface area contributed by atoms with Gasteiger partial charge < -0.3 is 9.22 Å². The highest BCUT2D eigenvalue weighted by Gasteiger charge is 2.73. The van der Waals surface area contributed by atoms with Crippen LogP contribution < -0.4 is 0 Å². The molecular formula is C14H22NO3S+. The fourth-order valence-corrected chi connectivity index (χ4v) is 7.92. The third-order valence-electron chi connectivity index (χ3n) is 6.15. The summed E-state index contributed by atoms with van der Waals surface area (Å²) in [6.45, 7) is 3.46. The number of allylic oxidation sites excluding steroid dienone is 2. The van der Waals surface area contributed by atoms with E-state index >= 15 is 0 Å². The van der Waals surface area contributed by atoms with E-state index < -0.39 is 14.6 Å². The zero-order valence-corrected chi connectivity index (χ0v) is 12.2. The van der Waals surface area contributed by atoms with Crippen LogP contribution in [0.4, 0.5) is 0 Å². The highest BCUT2D eigenvalue weighted by molar-refractivity contribution is 7.94. The molecule has 2 bridgehead atoms. The van der Waals surface area contributed by atoms with Crippen LogP contribution in [0, 0.1) is 11.8 Å². The Morgan fingerprint density at radius 2 is 2.00 bits per heavy atom. The third-order valence-corrected chi connectivity index (χ3v) is 8.80. The molecule has 0 radical (unpaired) electrons. The van der Waals surface area contributed by atoms with Crippen LogP contribution in [-0.2, 0) is 14.6 Å². The summed E-state index contributed by atoms with van der Waals surface area (Å²) in [4.78, 5) is 0. The molecule has 4 aliphatic rings. The first-order chi connectivity index (χ1) is 8.98. The predicted octanol–water partition coefficient (Wildman–Crippen LogP) is 0.595. The van der Waals surface area contributed by atoms with Crippen LogP contribution >= 0.6 is 0 Å². The van der Waals surface area contributed by atoms with Gasteiger partial charge in [-0.2, -0.15) is 0 Å². The first-order valence-corrected chi connectivity index (χ1v) is 8.96. The van der Waals surface area contributed by atoms with Crippen LogP contribution in [0.25, 0.3) is 0 Å². The average Bonchev–Trinajstić information content (AvgIpc) is 2.98. The topological polar surface area (TPSA) is 43.4 Å². The van der Waals surface area contributed by atoms with Crippen molar-refractivity contribution in [1.82, 2.24) is 0 Å². The highest BCUT2D eigenvalue weighted by atomic mass is 32.2. The molecule has 2 aliphatic heterocycles. The zero-order chi connectivity index (χ0) is 13.3. The Bertz CT molecular complexity index is 535. The molecule has 4 nitrogen and oxygen atoms in total. The monoisotopic (exact) mass is 284 g/mol. The van der Waals surface area contributed by atoms with Gasteiger partial charge in [-0.25, -0.2) is 8.42 Å². The molecule has 19 heavy (non-hydrogen) atoms. The Morgan fingerprint density at radius 1 is 1.26 bits per heavy atom. The number of quaternary nitrogens is 1. The van der Waals surface area contributed by atoms with Gasteiger partial charge in [-0.05, 0) is 18.8 Å². The minimum absolute atomic E-state index is 0.277. The second kappa shape index (κ2) is 3.62. The van der Waals surface area contributed by atoms with Crippen LogP contribution in [0.2, 0.25) is 0 Å². The van der Waals surface area contributed by atoms with Crippen molar-refractivity contribution in [1.29, 1.82) is 0 Å². The Kier molecular flexibility index (Phi) is 2.36. The quantitative estimate of drug-likeness (QED) is 0.523. The Balaban J connectivity index is 1.73. The van der Waals surface area contributed by atoms with E-state index in [1.807, 2.05) is 0 Å². The van der Waals surface area contributed by atoms with Gasteiger partial charge in [-0.15, -0.1) is 0 Å². The van der Waals surface area contributed by atoms with Gasteiger partial charge in [0.25, 0.3) is 0 Å². The minimum Gasteiger partial charge on any atom is -0.370 e. The smallest absolute Gasteiger partial charge is 0.168 e. The van der Waals surface area contributed by atoms with Crippen LogP contribution in [0.15, 0.2) is 12.2 Å². The van der Waals surface area contributed by atoms with Gasteiger partial charge in [0.05, 0.1) is 20.3 Å².